The lowest BCUT2D eigenvalue weighted by Crippen LogP contribution is -2.26. The van der Waals surface area contributed by atoms with E-state index in [-0.39, 0.29) is 5.91 Å². The molecular weight excluding hydrogens is 302 g/mol. The lowest BCUT2D eigenvalue weighted by atomic mass is 10.1. The minimum Gasteiger partial charge on any atom is -0.495 e. The van der Waals surface area contributed by atoms with Crippen LogP contribution in [0.4, 0.5) is 5.69 Å². The number of hydrogen-bond acceptors (Lipinski definition) is 4. The molecule has 5 nitrogen and oxygen atoms in total. The molecule has 5 heteroatoms. The molecule has 0 aliphatic heterocycles. The normalized spacial score (nSPS) is 10.5. The van der Waals surface area contributed by atoms with Gasteiger partial charge >= 0.3 is 0 Å². The van der Waals surface area contributed by atoms with E-state index in [4.69, 9.17) is 10.5 Å². The first-order valence-electron chi connectivity index (χ1n) is 9.08. The Balaban J connectivity index is 2.33. The van der Waals surface area contributed by atoms with E-state index in [0.29, 0.717) is 19.5 Å². The molecule has 0 radical (unpaired) electrons. The highest BCUT2D eigenvalue weighted by Gasteiger charge is 2.07. The Morgan fingerprint density at radius 1 is 1.12 bits per heavy atom. The van der Waals surface area contributed by atoms with Crippen molar-refractivity contribution in [1.29, 1.82) is 0 Å². The summed E-state index contributed by atoms with van der Waals surface area (Å²) in [5.74, 6) is 0.804. The van der Waals surface area contributed by atoms with Gasteiger partial charge in [-0.15, -0.1) is 0 Å². The molecule has 0 fully saturated rings. The molecule has 1 rings (SSSR count). The average Bonchev–Trinajstić information content (AvgIpc) is 2.59. The maximum atomic E-state index is 12.0. The van der Waals surface area contributed by atoms with Crippen molar-refractivity contribution in [2.75, 3.05) is 32.1 Å². The molecule has 24 heavy (non-hydrogen) atoms. The number of nitrogens with one attached hydrogen (secondary N) is 2. The summed E-state index contributed by atoms with van der Waals surface area (Å²) in [6, 6.07) is 5.79. The Kier molecular flexibility index (Phi) is 10.7. The summed E-state index contributed by atoms with van der Waals surface area (Å²) in [5.41, 5.74) is 7.35. The molecule has 0 spiro atoms. The van der Waals surface area contributed by atoms with Gasteiger partial charge in [-0.2, -0.15) is 0 Å². The van der Waals surface area contributed by atoms with Gasteiger partial charge in [0.15, 0.2) is 0 Å². The number of carbonyl (C=O) groups excluding carboxylic acids is 1. The summed E-state index contributed by atoms with van der Waals surface area (Å²) in [5, 5.41) is 6.20. The fraction of sp³-hybridized carbons (Fsp3) is 0.632. The van der Waals surface area contributed by atoms with E-state index in [1.807, 2.05) is 18.2 Å². The van der Waals surface area contributed by atoms with Gasteiger partial charge in [-0.3, -0.25) is 4.79 Å². The molecule has 0 atom stereocenters. The molecule has 1 aromatic carbocycles. The number of anilines is 1. The Morgan fingerprint density at radius 3 is 2.58 bits per heavy atom. The third-order valence-electron chi connectivity index (χ3n) is 3.94. The van der Waals surface area contributed by atoms with Crippen LogP contribution in [0.5, 0.6) is 5.75 Å². The molecule has 0 aromatic heterocycles. The summed E-state index contributed by atoms with van der Waals surface area (Å²) in [4.78, 5) is 12.0. The standard InChI is InChI=1S/C19H33N3O2/c1-3-4-5-6-7-8-12-22-19(23)15-16-9-10-17(21-13-11-20)18(14-16)24-2/h9-10,14,21H,3-8,11-13,15,20H2,1-2H3,(H,22,23). The van der Waals surface area contributed by atoms with Crippen LogP contribution in [-0.4, -0.2) is 32.7 Å². The van der Waals surface area contributed by atoms with Gasteiger partial charge in [0.1, 0.15) is 5.75 Å². The number of amides is 1. The third kappa shape index (κ3) is 8.20. The van der Waals surface area contributed by atoms with E-state index in [2.05, 4.69) is 17.6 Å². The Labute approximate surface area is 146 Å². The second-order valence-corrected chi connectivity index (χ2v) is 6.04. The first kappa shape index (κ1) is 20.3. The molecule has 4 N–H and O–H groups in total. The molecule has 0 aliphatic carbocycles. The predicted octanol–water partition coefficient (Wildman–Crippen LogP) is 3.09. The van der Waals surface area contributed by atoms with Crippen molar-refractivity contribution in [1.82, 2.24) is 5.32 Å². The van der Waals surface area contributed by atoms with Crippen molar-refractivity contribution in [3.05, 3.63) is 23.8 Å². The molecule has 0 heterocycles. The van der Waals surface area contributed by atoms with Gasteiger partial charge in [-0.1, -0.05) is 45.1 Å². The predicted molar refractivity (Wildman–Crippen MR) is 101 cm³/mol. The van der Waals surface area contributed by atoms with Gasteiger partial charge < -0.3 is 21.1 Å². The van der Waals surface area contributed by atoms with Gasteiger partial charge in [0.25, 0.3) is 0 Å². The maximum absolute atomic E-state index is 12.0. The van der Waals surface area contributed by atoms with Crippen LogP contribution in [0.25, 0.3) is 0 Å². The number of carbonyl (C=O) groups is 1. The van der Waals surface area contributed by atoms with Crippen LogP contribution in [0.2, 0.25) is 0 Å². The highest BCUT2D eigenvalue weighted by molar-refractivity contribution is 5.79. The van der Waals surface area contributed by atoms with Crippen LogP contribution < -0.4 is 21.1 Å². The SMILES string of the molecule is CCCCCCCCNC(=O)Cc1ccc(NCCN)c(OC)c1. The summed E-state index contributed by atoms with van der Waals surface area (Å²) < 4.78 is 5.37. The molecule has 136 valence electrons. The quantitative estimate of drug-likeness (QED) is 0.484. The second kappa shape index (κ2) is 12.6. The second-order valence-electron chi connectivity index (χ2n) is 6.04. The average molecular weight is 335 g/mol. The number of rotatable bonds is 13. The largest absolute Gasteiger partial charge is 0.495 e. The van der Waals surface area contributed by atoms with Gasteiger partial charge in [0, 0.05) is 19.6 Å². The molecule has 0 saturated carbocycles. The minimum atomic E-state index is 0.0632. The van der Waals surface area contributed by atoms with Crippen molar-refractivity contribution in [3.63, 3.8) is 0 Å². The Morgan fingerprint density at radius 2 is 1.88 bits per heavy atom. The lowest BCUT2D eigenvalue weighted by Gasteiger charge is -2.12. The van der Waals surface area contributed by atoms with Gasteiger partial charge in [0.05, 0.1) is 19.2 Å². The first-order valence-corrected chi connectivity index (χ1v) is 9.08. The number of nitrogens with two attached hydrogens (primary N) is 1. The zero-order chi connectivity index (χ0) is 17.6. The molecule has 0 bridgehead atoms. The van der Waals surface area contributed by atoms with Crippen LogP contribution in [-0.2, 0) is 11.2 Å². The van der Waals surface area contributed by atoms with Crippen molar-refractivity contribution >= 4 is 11.6 Å². The zero-order valence-electron chi connectivity index (χ0n) is 15.2. The number of hydrogen-bond donors (Lipinski definition) is 3. The van der Waals surface area contributed by atoms with Crippen LogP contribution in [0.3, 0.4) is 0 Å². The molecular formula is C19H33N3O2. The van der Waals surface area contributed by atoms with Crippen molar-refractivity contribution < 1.29 is 9.53 Å². The molecule has 0 unspecified atom stereocenters. The summed E-state index contributed by atoms with van der Waals surface area (Å²) in [6.07, 6.45) is 7.76. The summed E-state index contributed by atoms with van der Waals surface area (Å²) >= 11 is 0. The number of unbranched alkanes of at least 4 members (excludes halogenated alkanes) is 5. The summed E-state index contributed by atoms with van der Waals surface area (Å²) in [7, 11) is 1.63. The lowest BCUT2D eigenvalue weighted by molar-refractivity contribution is -0.120. The summed E-state index contributed by atoms with van der Waals surface area (Å²) in [6.45, 7) is 4.23. The van der Waals surface area contributed by atoms with Crippen LogP contribution >= 0.6 is 0 Å². The first-order chi connectivity index (χ1) is 11.7. The Hall–Kier alpha value is -1.75. The van der Waals surface area contributed by atoms with E-state index in [1.54, 1.807) is 7.11 Å². The minimum absolute atomic E-state index is 0.0632. The number of methoxy groups -OCH3 is 1. The van der Waals surface area contributed by atoms with Crippen molar-refractivity contribution in [2.45, 2.75) is 51.9 Å². The topological polar surface area (TPSA) is 76.4 Å². The molecule has 0 aliphatic rings. The van der Waals surface area contributed by atoms with Crippen LogP contribution in [0, 0.1) is 0 Å². The van der Waals surface area contributed by atoms with Crippen LogP contribution in [0.1, 0.15) is 51.0 Å². The number of benzene rings is 1. The Bertz CT molecular complexity index is 478. The van der Waals surface area contributed by atoms with Crippen molar-refractivity contribution in [2.24, 2.45) is 5.73 Å². The van der Waals surface area contributed by atoms with Crippen molar-refractivity contribution in [3.8, 4) is 5.75 Å². The fourth-order valence-corrected chi connectivity index (χ4v) is 2.58. The monoisotopic (exact) mass is 335 g/mol. The smallest absolute Gasteiger partial charge is 0.224 e. The van der Waals surface area contributed by atoms with E-state index in [0.717, 1.165) is 30.0 Å². The van der Waals surface area contributed by atoms with Crippen LogP contribution in [0.15, 0.2) is 18.2 Å². The molecule has 1 amide bonds. The molecule has 0 saturated heterocycles. The highest BCUT2D eigenvalue weighted by atomic mass is 16.5. The third-order valence-corrected chi connectivity index (χ3v) is 3.94. The zero-order valence-corrected chi connectivity index (χ0v) is 15.2. The van der Waals surface area contributed by atoms with E-state index in [1.165, 1.54) is 32.1 Å². The van der Waals surface area contributed by atoms with E-state index >= 15 is 0 Å². The molecule has 1 aromatic rings. The van der Waals surface area contributed by atoms with Gasteiger partial charge in [-0.05, 0) is 24.1 Å². The van der Waals surface area contributed by atoms with Gasteiger partial charge in [0.2, 0.25) is 5.91 Å². The van der Waals surface area contributed by atoms with E-state index < -0.39 is 0 Å². The van der Waals surface area contributed by atoms with Gasteiger partial charge in [-0.25, -0.2) is 0 Å². The van der Waals surface area contributed by atoms with E-state index in [9.17, 15) is 4.79 Å². The fourth-order valence-electron chi connectivity index (χ4n) is 2.58. The maximum Gasteiger partial charge on any atom is 0.224 e. The highest BCUT2D eigenvalue weighted by Crippen LogP contribution is 2.25. The number of ether oxygens (including phenoxy) is 1.